The summed E-state index contributed by atoms with van der Waals surface area (Å²) in [7, 11) is 0. The number of benzene rings is 2. The number of nitrogens with zero attached hydrogens (tertiary/aromatic N) is 1. The number of rotatable bonds is 5. The number of halogens is 2. The molecule has 104 valence electrons. The van der Waals surface area contributed by atoms with Gasteiger partial charge in [0.1, 0.15) is 6.61 Å². The first-order valence-corrected chi connectivity index (χ1v) is 7.72. The van der Waals surface area contributed by atoms with Crippen molar-refractivity contribution >= 4 is 37.5 Å². The van der Waals surface area contributed by atoms with Crippen molar-refractivity contribution < 1.29 is 9.66 Å². The van der Waals surface area contributed by atoms with Crippen molar-refractivity contribution in [2.75, 3.05) is 0 Å². The van der Waals surface area contributed by atoms with E-state index in [1.807, 2.05) is 24.3 Å². The summed E-state index contributed by atoms with van der Waals surface area (Å²) in [4.78, 5) is 10.6. The number of hydrogen-bond acceptors (Lipinski definition) is 3. The Hall–Kier alpha value is -1.40. The normalized spacial score (nSPS) is 10.3. The van der Waals surface area contributed by atoms with Crippen LogP contribution in [0.3, 0.4) is 0 Å². The summed E-state index contributed by atoms with van der Waals surface area (Å²) >= 11 is 6.71. The third-order valence-corrected chi connectivity index (χ3v) is 3.80. The first-order chi connectivity index (χ1) is 9.60. The molecule has 20 heavy (non-hydrogen) atoms. The van der Waals surface area contributed by atoms with E-state index in [0.29, 0.717) is 5.33 Å². The second-order valence-electron chi connectivity index (χ2n) is 4.11. The summed E-state index contributed by atoms with van der Waals surface area (Å²) in [5.41, 5.74) is 1.85. The molecule has 0 heterocycles. The Balaban J connectivity index is 2.21. The van der Waals surface area contributed by atoms with Crippen LogP contribution in [-0.4, -0.2) is 4.92 Å². The molecule has 0 saturated heterocycles. The van der Waals surface area contributed by atoms with E-state index in [4.69, 9.17) is 4.74 Å². The van der Waals surface area contributed by atoms with Crippen LogP contribution >= 0.6 is 31.9 Å². The van der Waals surface area contributed by atoms with Gasteiger partial charge in [-0.1, -0.05) is 50.1 Å². The molecular weight excluding hydrogens is 390 g/mol. The fourth-order valence-electron chi connectivity index (χ4n) is 1.70. The molecule has 0 aromatic heterocycles. The van der Waals surface area contributed by atoms with E-state index in [1.165, 1.54) is 6.07 Å². The van der Waals surface area contributed by atoms with Crippen LogP contribution < -0.4 is 4.74 Å². The monoisotopic (exact) mass is 399 g/mol. The zero-order valence-electron chi connectivity index (χ0n) is 10.4. The van der Waals surface area contributed by atoms with Crippen molar-refractivity contribution in [3.8, 4) is 5.75 Å². The molecule has 2 aromatic rings. The smallest absolute Gasteiger partial charge is 0.310 e. The van der Waals surface area contributed by atoms with E-state index < -0.39 is 4.92 Å². The Morgan fingerprint density at radius 3 is 2.60 bits per heavy atom. The molecule has 0 fully saturated rings. The first kappa shape index (κ1) is 15.0. The molecule has 0 bridgehead atoms. The molecule has 4 nitrogen and oxygen atoms in total. The Morgan fingerprint density at radius 1 is 1.15 bits per heavy atom. The van der Waals surface area contributed by atoms with Crippen LogP contribution in [0.5, 0.6) is 5.75 Å². The Kier molecular flexibility index (Phi) is 5.14. The molecule has 0 amide bonds. The molecule has 0 unspecified atom stereocenters. The second kappa shape index (κ2) is 6.85. The highest BCUT2D eigenvalue weighted by atomic mass is 79.9. The molecule has 2 aromatic carbocycles. The summed E-state index contributed by atoms with van der Waals surface area (Å²) in [6.45, 7) is 0.284. The van der Waals surface area contributed by atoms with Crippen LogP contribution in [0.2, 0.25) is 0 Å². The van der Waals surface area contributed by atoms with Crippen molar-refractivity contribution in [2.24, 2.45) is 0 Å². The van der Waals surface area contributed by atoms with Gasteiger partial charge in [0.15, 0.2) is 5.75 Å². The summed E-state index contributed by atoms with van der Waals surface area (Å²) in [6.07, 6.45) is 0. The van der Waals surface area contributed by atoms with E-state index >= 15 is 0 Å². The van der Waals surface area contributed by atoms with Crippen LogP contribution in [0.25, 0.3) is 0 Å². The summed E-state index contributed by atoms with van der Waals surface area (Å²) < 4.78 is 6.55. The predicted octanol–water partition coefficient (Wildman–Crippen LogP) is 4.83. The van der Waals surface area contributed by atoms with Gasteiger partial charge in [0.05, 0.1) is 4.92 Å². The molecule has 0 saturated carbocycles. The molecule has 6 heteroatoms. The minimum atomic E-state index is -0.436. The maximum atomic E-state index is 11.0. The molecule has 0 spiro atoms. The lowest BCUT2D eigenvalue weighted by molar-refractivity contribution is -0.386. The minimum absolute atomic E-state index is 0.0234. The Bertz CT molecular complexity index is 632. The lowest BCUT2D eigenvalue weighted by Crippen LogP contribution is -2.00. The summed E-state index contributed by atoms with van der Waals surface area (Å²) in [5, 5.41) is 11.6. The van der Waals surface area contributed by atoms with E-state index in [2.05, 4.69) is 31.9 Å². The predicted molar refractivity (Wildman–Crippen MR) is 84.2 cm³/mol. The number of hydrogen-bond donors (Lipinski definition) is 0. The molecular formula is C14H11Br2NO3. The highest BCUT2D eigenvalue weighted by molar-refractivity contribution is 9.10. The SMILES string of the molecule is O=[N+]([O-])c1ccc(CBr)cc1OCc1cccc(Br)c1. The zero-order chi connectivity index (χ0) is 14.5. The van der Waals surface area contributed by atoms with Crippen molar-refractivity contribution in [3.63, 3.8) is 0 Å². The van der Waals surface area contributed by atoms with Gasteiger partial charge in [0, 0.05) is 15.9 Å². The largest absolute Gasteiger partial charge is 0.482 e. The molecule has 0 aliphatic carbocycles. The molecule has 2 rings (SSSR count). The minimum Gasteiger partial charge on any atom is -0.482 e. The van der Waals surface area contributed by atoms with Gasteiger partial charge in [-0.3, -0.25) is 10.1 Å². The van der Waals surface area contributed by atoms with Crippen molar-refractivity contribution in [1.29, 1.82) is 0 Å². The van der Waals surface area contributed by atoms with Crippen LogP contribution in [-0.2, 0) is 11.9 Å². The van der Waals surface area contributed by atoms with Gasteiger partial charge in [0.2, 0.25) is 0 Å². The van der Waals surface area contributed by atoms with E-state index in [-0.39, 0.29) is 18.0 Å². The van der Waals surface area contributed by atoms with Crippen LogP contribution in [0, 0.1) is 10.1 Å². The lowest BCUT2D eigenvalue weighted by atomic mass is 10.2. The highest BCUT2D eigenvalue weighted by Crippen LogP contribution is 2.29. The van der Waals surface area contributed by atoms with Crippen LogP contribution in [0.1, 0.15) is 11.1 Å². The molecule has 0 aliphatic heterocycles. The van der Waals surface area contributed by atoms with Crippen LogP contribution in [0.15, 0.2) is 46.9 Å². The fourth-order valence-corrected chi connectivity index (χ4v) is 2.49. The molecule has 0 atom stereocenters. The summed E-state index contributed by atoms with van der Waals surface area (Å²) in [5.74, 6) is 0.284. The lowest BCUT2D eigenvalue weighted by Gasteiger charge is -2.08. The van der Waals surface area contributed by atoms with Gasteiger partial charge in [-0.2, -0.15) is 0 Å². The quantitative estimate of drug-likeness (QED) is 0.410. The number of nitro benzene ring substituents is 1. The third kappa shape index (κ3) is 3.80. The maximum Gasteiger partial charge on any atom is 0.310 e. The first-order valence-electron chi connectivity index (χ1n) is 5.80. The number of alkyl halides is 1. The van der Waals surface area contributed by atoms with Gasteiger partial charge < -0.3 is 4.74 Å². The number of nitro groups is 1. The average molecular weight is 401 g/mol. The molecule has 0 radical (unpaired) electrons. The van der Waals surface area contributed by atoms with Gasteiger partial charge in [-0.05, 0) is 29.3 Å². The van der Waals surface area contributed by atoms with Gasteiger partial charge in [0.25, 0.3) is 0 Å². The van der Waals surface area contributed by atoms with Gasteiger partial charge in [-0.25, -0.2) is 0 Å². The summed E-state index contributed by atoms with van der Waals surface area (Å²) in [6, 6.07) is 12.5. The standard InChI is InChI=1S/C14H11Br2NO3/c15-8-10-4-5-13(17(18)19)14(7-10)20-9-11-2-1-3-12(16)6-11/h1-7H,8-9H2. The van der Waals surface area contributed by atoms with Crippen molar-refractivity contribution in [3.05, 3.63) is 68.2 Å². The second-order valence-corrected chi connectivity index (χ2v) is 5.59. The fraction of sp³-hybridized carbons (Fsp3) is 0.143. The van der Waals surface area contributed by atoms with Gasteiger partial charge in [-0.15, -0.1) is 0 Å². The topological polar surface area (TPSA) is 52.4 Å². The van der Waals surface area contributed by atoms with E-state index in [9.17, 15) is 10.1 Å². The molecule has 0 N–H and O–H groups in total. The van der Waals surface area contributed by atoms with E-state index in [0.717, 1.165) is 15.6 Å². The number of ether oxygens (including phenoxy) is 1. The van der Waals surface area contributed by atoms with Crippen LogP contribution in [0.4, 0.5) is 5.69 Å². The molecule has 0 aliphatic rings. The van der Waals surface area contributed by atoms with Crippen molar-refractivity contribution in [1.82, 2.24) is 0 Å². The van der Waals surface area contributed by atoms with Crippen molar-refractivity contribution in [2.45, 2.75) is 11.9 Å². The zero-order valence-corrected chi connectivity index (χ0v) is 13.6. The van der Waals surface area contributed by atoms with Gasteiger partial charge >= 0.3 is 5.69 Å². The maximum absolute atomic E-state index is 11.0. The Labute approximate surface area is 133 Å². The highest BCUT2D eigenvalue weighted by Gasteiger charge is 2.15. The third-order valence-electron chi connectivity index (χ3n) is 2.66. The Morgan fingerprint density at radius 2 is 1.95 bits per heavy atom. The van der Waals surface area contributed by atoms with E-state index in [1.54, 1.807) is 12.1 Å². The average Bonchev–Trinajstić information content (AvgIpc) is 2.44.